The van der Waals surface area contributed by atoms with Gasteiger partial charge in [0.25, 0.3) is 5.91 Å². The zero-order valence-electron chi connectivity index (χ0n) is 16.5. The van der Waals surface area contributed by atoms with Crippen LogP contribution in [0.3, 0.4) is 0 Å². The van der Waals surface area contributed by atoms with Crippen LogP contribution in [0.2, 0.25) is 5.15 Å². The van der Waals surface area contributed by atoms with E-state index in [1.165, 1.54) is 9.58 Å². The van der Waals surface area contributed by atoms with Gasteiger partial charge in [-0.15, -0.1) is 0 Å². The number of esters is 1. The minimum Gasteiger partial charge on any atom is -0.452 e. The number of ether oxygens (including phenoxy) is 1. The van der Waals surface area contributed by atoms with E-state index in [-0.39, 0.29) is 10.7 Å². The average Bonchev–Trinajstić information content (AvgIpc) is 3.06. The normalized spacial score (nSPS) is 15.4. The molecule has 0 N–H and O–H groups in total. The van der Waals surface area contributed by atoms with E-state index in [2.05, 4.69) is 11.2 Å². The first-order chi connectivity index (χ1) is 13.9. The summed E-state index contributed by atoms with van der Waals surface area (Å²) in [7, 11) is 1.59. The fraction of sp³-hybridized carbons (Fsp3) is 0.429. The number of halogens is 1. The first kappa shape index (κ1) is 20.9. The number of benzene rings is 1. The molecule has 152 valence electrons. The Labute approximate surface area is 174 Å². The van der Waals surface area contributed by atoms with Gasteiger partial charge in [-0.2, -0.15) is 10.4 Å². The molecule has 8 heteroatoms. The first-order valence-corrected chi connectivity index (χ1v) is 9.93. The van der Waals surface area contributed by atoms with Crippen molar-refractivity contribution in [3.63, 3.8) is 0 Å². The minimum atomic E-state index is -0.826. The van der Waals surface area contributed by atoms with E-state index in [0.29, 0.717) is 24.2 Å². The Kier molecular flexibility index (Phi) is 6.23. The smallest absolute Gasteiger partial charge is 0.343 e. The molecule has 0 saturated heterocycles. The van der Waals surface area contributed by atoms with Crippen LogP contribution >= 0.6 is 11.6 Å². The van der Waals surface area contributed by atoms with E-state index in [1.807, 2.05) is 30.3 Å². The van der Waals surface area contributed by atoms with Gasteiger partial charge in [-0.1, -0.05) is 49.1 Å². The van der Waals surface area contributed by atoms with Crippen LogP contribution in [-0.4, -0.2) is 45.8 Å². The fourth-order valence-electron chi connectivity index (χ4n) is 3.67. The van der Waals surface area contributed by atoms with Gasteiger partial charge in [0.05, 0.1) is 17.5 Å². The predicted molar refractivity (Wildman–Crippen MR) is 108 cm³/mol. The van der Waals surface area contributed by atoms with Crippen LogP contribution in [0, 0.1) is 18.3 Å². The summed E-state index contributed by atoms with van der Waals surface area (Å²) in [4.78, 5) is 26.6. The molecule has 1 fully saturated rings. The molecule has 0 spiro atoms. The number of hydrogen-bond acceptors (Lipinski definition) is 5. The van der Waals surface area contributed by atoms with Crippen molar-refractivity contribution in [2.75, 3.05) is 13.7 Å². The molecule has 0 aliphatic heterocycles. The summed E-state index contributed by atoms with van der Waals surface area (Å²) in [6.45, 7) is 1.20. The van der Waals surface area contributed by atoms with Gasteiger partial charge in [0.2, 0.25) is 0 Å². The summed E-state index contributed by atoms with van der Waals surface area (Å²) in [5.74, 6) is -1.13. The maximum Gasteiger partial charge on any atom is 0.343 e. The number of rotatable bonds is 5. The molecule has 1 amide bonds. The highest BCUT2D eigenvalue weighted by molar-refractivity contribution is 6.33. The van der Waals surface area contributed by atoms with Crippen molar-refractivity contribution in [2.24, 2.45) is 0 Å². The van der Waals surface area contributed by atoms with Gasteiger partial charge in [-0.05, 0) is 31.9 Å². The molecule has 3 rings (SSSR count). The van der Waals surface area contributed by atoms with Gasteiger partial charge in [0, 0.05) is 7.05 Å². The molecule has 1 aromatic heterocycles. The summed E-state index contributed by atoms with van der Waals surface area (Å²) in [6, 6.07) is 11.5. The van der Waals surface area contributed by atoms with E-state index in [1.54, 1.807) is 14.0 Å². The lowest BCUT2D eigenvalue weighted by atomic mass is 9.81. The van der Waals surface area contributed by atoms with Gasteiger partial charge in [-0.3, -0.25) is 4.79 Å². The number of hydrogen-bond donors (Lipinski definition) is 0. The molecule has 0 radical (unpaired) electrons. The van der Waals surface area contributed by atoms with Crippen molar-refractivity contribution in [1.82, 2.24) is 14.7 Å². The predicted octanol–water partition coefficient (Wildman–Crippen LogP) is 3.68. The Balaban J connectivity index is 1.70. The van der Waals surface area contributed by atoms with Crippen LogP contribution in [0.5, 0.6) is 0 Å². The van der Waals surface area contributed by atoms with Crippen molar-refractivity contribution in [2.45, 2.75) is 44.6 Å². The first-order valence-electron chi connectivity index (χ1n) is 9.55. The molecule has 1 heterocycles. The Morgan fingerprint density at radius 1 is 1.28 bits per heavy atom. The van der Waals surface area contributed by atoms with Crippen LogP contribution in [-0.2, 0) is 9.53 Å². The summed E-state index contributed by atoms with van der Waals surface area (Å²) >= 11 is 6.36. The van der Waals surface area contributed by atoms with Crippen LogP contribution in [0.25, 0.3) is 5.69 Å². The number of nitrogens with zero attached hydrogens (tertiary/aromatic N) is 4. The lowest BCUT2D eigenvalue weighted by Gasteiger charge is -2.38. The van der Waals surface area contributed by atoms with Crippen molar-refractivity contribution < 1.29 is 14.3 Å². The van der Waals surface area contributed by atoms with E-state index in [9.17, 15) is 14.9 Å². The molecule has 2 aromatic rings. The highest BCUT2D eigenvalue weighted by atomic mass is 35.5. The number of nitriles is 1. The maximum atomic E-state index is 12.6. The minimum absolute atomic E-state index is 0.124. The van der Waals surface area contributed by atoms with E-state index in [4.69, 9.17) is 16.3 Å². The molecule has 1 aliphatic carbocycles. The van der Waals surface area contributed by atoms with E-state index < -0.39 is 24.0 Å². The second-order valence-corrected chi connectivity index (χ2v) is 7.59. The van der Waals surface area contributed by atoms with Gasteiger partial charge < -0.3 is 9.64 Å². The highest BCUT2D eigenvalue weighted by Crippen LogP contribution is 2.32. The molecule has 29 heavy (non-hydrogen) atoms. The van der Waals surface area contributed by atoms with E-state index in [0.717, 1.165) is 19.3 Å². The van der Waals surface area contributed by atoms with E-state index >= 15 is 0 Å². The topological polar surface area (TPSA) is 88.2 Å². The zero-order valence-corrected chi connectivity index (χ0v) is 17.3. The summed E-state index contributed by atoms with van der Waals surface area (Å²) in [5, 5.41) is 14.1. The van der Waals surface area contributed by atoms with Crippen molar-refractivity contribution in [3.05, 3.63) is 46.7 Å². The number of carbonyl (C=O) groups is 2. The lowest BCUT2D eigenvalue weighted by Crippen LogP contribution is -2.51. The van der Waals surface area contributed by atoms with Gasteiger partial charge >= 0.3 is 5.97 Å². The number of amides is 1. The summed E-state index contributed by atoms with van der Waals surface area (Å²) in [6.07, 6.45) is 4.13. The third-order valence-electron chi connectivity index (χ3n) is 5.44. The van der Waals surface area contributed by atoms with Crippen LogP contribution in [0.4, 0.5) is 0 Å². The van der Waals surface area contributed by atoms with Crippen molar-refractivity contribution in [3.8, 4) is 11.8 Å². The number of carbonyl (C=O) groups excluding carboxylic acids is 2. The molecule has 0 atom stereocenters. The molecule has 7 nitrogen and oxygen atoms in total. The molecular formula is C21H23ClN4O3. The van der Waals surface area contributed by atoms with Gasteiger partial charge in [0.1, 0.15) is 16.3 Å². The van der Waals surface area contributed by atoms with Gasteiger partial charge in [-0.25, -0.2) is 9.48 Å². The monoisotopic (exact) mass is 414 g/mol. The molecule has 1 aliphatic rings. The van der Waals surface area contributed by atoms with Crippen LogP contribution in [0.15, 0.2) is 30.3 Å². The second kappa shape index (κ2) is 8.66. The Bertz CT molecular complexity index is 943. The highest BCUT2D eigenvalue weighted by Gasteiger charge is 2.39. The second-order valence-electron chi connectivity index (χ2n) is 7.23. The Morgan fingerprint density at radius 3 is 2.55 bits per heavy atom. The van der Waals surface area contributed by atoms with Crippen LogP contribution in [0.1, 0.15) is 48.2 Å². The van der Waals surface area contributed by atoms with Crippen LogP contribution < -0.4 is 0 Å². The number of likely N-dealkylation sites (N-methyl/N-ethyl adjacent to an activating group) is 1. The zero-order chi connectivity index (χ0) is 21.0. The molecule has 0 unspecified atom stereocenters. The largest absolute Gasteiger partial charge is 0.452 e. The summed E-state index contributed by atoms with van der Waals surface area (Å²) in [5.41, 5.74) is 0.417. The molecule has 1 saturated carbocycles. The Hall–Kier alpha value is -2.85. The Morgan fingerprint density at radius 2 is 1.93 bits per heavy atom. The number of aromatic nitrogens is 2. The van der Waals surface area contributed by atoms with Gasteiger partial charge in [0.15, 0.2) is 6.61 Å². The number of para-hydroxylation sites is 1. The standard InChI is InChI=1S/C21H23ClN4O3/c1-15-18(19(22)26(24-15)16-9-5-3-6-10-16)20(28)29-13-17(27)25(2)21(14-23)11-7-4-8-12-21/h3,5-6,9-10H,4,7-8,11-13H2,1-2H3. The lowest BCUT2D eigenvalue weighted by molar-refractivity contribution is -0.138. The third-order valence-corrected chi connectivity index (χ3v) is 5.79. The maximum absolute atomic E-state index is 12.6. The average molecular weight is 415 g/mol. The summed E-state index contributed by atoms with van der Waals surface area (Å²) < 4.78 is 6.68. The number of aryl methyl sites for hydroxylation is 1. The molecule has 0 bridgehead atoms. The van der Waals surface area contributed by atoms with Crippen molar-refractivity contribution >= 4 is 23.5 Å². The quantitative estimate of drug-likeness (QED) is 0.696. The molecular weight excluding hydrogens is 392 g/mol. The SMILES string of the molecule is Cc1nn(-c2ccccc2)c(Cl)c1C(=O)OCC(=O)N(C)C1(C#N)CCCCC1. The van der Waals surface area contributed by atoms with Crippen molar-refractivity contribution in [1.29, 1.82) is 5.26 Å². The third kappa shape index (κ3) is 4.13. The fourth-order valence-corrected chi connectivity index (χ4v) is 4.01. The molecule has 1 aromatic carbocycles.